The number of sulfonamides is 1. The molecule has 0 radical (unpaired) electrons. The van der Waals surface area contributed by atoms with Crippen LogP contribution in [0.1, 0.15) is 17.8 Å². The Labute approximate surface area is 172 Å². The van der Waals surface area contributed by atoms with Crippen LogP contribution in [0.2, 0.25) is 0 Å². The van der Waals surface area contributed by atoms with Crippen LogP contribution in [-0.4, -0.2) is 23.5 Å². The van der Waals surface area contributed by atoms with E-state index in [2.05, 4.69) is 26.8 Å². The number of aromatic nitrogens is 3. The van der Waals surface area contributed by atoms with Gasteiger partial charge in [-0.15, -0.1) is 11.3 Å². The Bertz CT molecular complexity index is 1200. The van der Waals surface area contributed by atoms with Gasteiger partial charge in [0.25, 0.3) is 0 Å². The van der Waals surface area contributed by atoms with Crippen LogP contribution in [-0.2, 0) is 23.0 Å². The van der Waals surface area contributed by atoms with Gasteiger partial charge in [-0.3, -0.25) is 0 Å². The monoisotopic (exact) mass is 426 g/mol. The third kappa shape index (κ3) is 4.42. The SMILES string of the molecule is CCc1nc(-c2ccc(-c3noc(CNS(=O)(=O)c4ccccc4)n3)cc2)cs1. The minimum atomic E-state index is -3.63. The molecule has 2 aromatic carbocycles. The molecule has 148 valence electrons. The molecule has 1 N–H and O–H groups in total. The number of hydrogen-bond acceptors (Lipinski definition) is 7. The molecule has 0 aliphatic heterocycles. The van der Waals surface area contributed by atoms with E-state index in [1.807, 2.05) is 29.6 Å². The summed E-state index contributed by atoms with van der Waals surface area (Å²) in [7, 11) is -3.63. The van der Waals surface area contributed by atoms with Crippen molar-refractivity contribution in [2.75, 3.05) is 0 Å². The maximum Gasteiger partial charge on any atom is 0.242 e. The third-order valence-corrected chi connectivity index (χ3v) is 6.64. The van der Waals surface area contributed by atoms with Crippen molar-refractivity contribution in [2.24, 2.45) is 0 Å². The van der Waals surface area contributed by atoms with E-state index < -0.39 is 10.0 Å². The van der Waals surface area contributed by atoms with Crippen LogP contribution in [0, 0.1) is 0 Å². The first kappa shape index (κ1) is 19.4. The van der Waals surface area contributed by atoms with Crippen LogP contribution < -0.4 is 4.72 Å². The topological polar surface area (TPSA) is 98.0 Å². The molecule has 2 heterocycles. The summed E-state index contributed by atoms with van der Waals surface area (Å²) in [6.45, 7) is 2.00. The molecule has 0 aliphatic rings. The van der Waals surface area contributed by atoms with Crippen LogP contribution in [0.3, 0.4) is 0 Å². The second-order valence-corrected chi connectivity index (χ2v) is 8.92. The third-order valence-electron chi connectivity index (χ3n) is 4.23. The average molecular weight is 427 g/mol. The van der Waals surface area contributed by atoms with Gasteiger partial charge in [0.2, 0.25) is 21.7 Å². The Morgan fingerprint density at radius 1 is 1.00 bits per heavy atom. The highest BCUT2D eigenvalue weighted by atomic mass is 32.2. The molecular formula is C20H18N4O3S2. The van der Waals surface area contributed by atoms with Crippen LogP contribution in [0.15, 0.2) is 69.4 Å². The molecule has 7 nitrogen and oxygen atoms in total. The van der Waals surface area contributed by atoms with Crippen molar-refractivity contribution in [1.29, 1.82) is 0 Å². The van der Waals surface area contributed by atoms with Gasteiger partial charge in [-0.25, -0.2) is 18.1 Å². The molecule has 9 heteroatoms. The maximum atomic E-state index is 12.3. The van der Waals surface area contributed by atoms with E-state index in [0.717, 1.165) is 28.2 Å². The van der Waals surface area contributed by atoms with E-state index in [9.17, 15) is 8.42 Å². The molecule has 29 heavy (non-hydrogen) atoms. The summed E-state index contributed by atoms with van der Waals surface area (Å²) >= 11 is 1.65. The van der Waals surface area contributed by atoms with Crippen LogP contribution in [0.25, 0.3) is 22.6 Å². The second-order valence-electron chi connectivity index (χ2n) is 6.21. The second kappa shape index (κ2) is 8.24. The van der Waals surface area contributed by atoms with E-state index in [-0.39, 0.29) is 17.3 Å². The van der Waals surface area contributed by atoms with E-state index in [1.165, 1.54) is 12.1 Å². The van der Waals surface area contributed by atoms with Crippen molar-refractivity contribution in [3.8, 4) is 22.6 Å². The fourth-order valence-electron chi connectivity index (χ4n) is 2.68. The fourth-order valence-corrected chi connectivity index (χ4v) is 4.43. The van der Waals surface area contributed by atoms with Gasteiger partial charge in [0, 0.05) is 16.5 Å². The molecule has 0 saturated carbocycles. The van der Waals surface area contributed by atoms with Gasteiger partial charge in [-0.05, 0) is 18.6 Å². The zero-order chi connectivity index (χ0) is 20.3. The van der Waals surface area contributed by atoms with E-state index in [1.54, 1.807) is 29.5 Å². The van der Waals surface area contributed by atoms with Gasteiger partial charge < -0.3 is 4.52 Å². The standard InChI is InChI=1S/C20H18N4O3S2/c1-2-19-22-17(13-28-19)14-8-10-15(11-9-14)20-23-18(27-24-20)12-21-29(25,26)16-6-4-3-5-7-16/h3-11,13,21H,2,12H2,1H3. The average Bonchev–Trinajstić information content (AvgIpc) is 3.43. The normalized spacial score (nSPS) is 11.6. The number of nitrogens with zero attached hydrogens (tertiary/aromatic N) is 3. The first-order chi connectivity index (χ1) is 14.0. The molecule has 0 aliphatic carbocycles. The maximum absolute atomic E-state index is 12.3. The van der Waals surface area contributed by atoms with Crippen LogP contribution in [0.5, 0.6) is 0 Å². The molecule has 4 aromatic rings. The molecule has 0 bridgehead atoms. The lowest BCUT2D eigenvalue weighted by molar-refractivity contribution is 0.376. The predicted molar refractivity (Wildman–Crippen MR) is 111 cm³/mol. The zero-order valence-corrected chi connectivity index (χ0v) is 17.2. The predicted octanol–water partition coefficient (Wildman–Crippen LogP) is 3.90. The van der Waals surface area contributed by atoms with Crippen LogP contribution >= 0.6 is 11.3 Å². The van der Waals surface area contributed by atoms with Crippen molar-refractivity contribution in [3.63, 3.8) is 0 Å². The molecule has 0 saturated heterocycles. The lowest BCUT2D eigenvalue weighted by atomic mass is 10.1. The quantitative estimate of drug-likeness (QED) is 0.481. The largest absolute Gasteiger partial charge is 0.338 e. The summed E-state index contributed by atoms with van der Waals surface area (Å²) in [5.41, 5.74) is 2.74. The van der Waals surface area contributed by atoms with Gasteiger partial charge in [-0.2, -0.15) is 4.98 Å². The lowest BCUT2D eigenvalue weighted by Crippen LogP contribution is -2.23. The number of nitrogens with one attached hydrogen (secondary N) is 1. The Kier molecular flexibility index (Phi) is 5.52. The highest BCUT2D eigenvalue weighted by Gasteiger charge is 2.16. The number of thiazole rings is 1. The molecule has 0 amide bonds. The summed E-state index contributed by atoms with van der Waals surface area (Å²) < 4.78 is 32.2. The van der Waals surface area contributed by atoms with Crippen molar-refractivity contribution in [3.05, 3.63) is 70.9 Å². The van der Waals surface area contributed by atoms with Crippen molar-refractivity contribution < 1.29 is 12.9 Å². The van der Waals surface area contributed by atoms with Gasteiger partial charge in [-0.1, -0.05) is 54.5 Å². The summed E-state index contributed by atoms with van der Waals surface area (Å²) in [4.78, 5) is 9.04. The fraction of sp³-hybridized carbons (Fsp3) is 0.150. The minimum Gasteiger partial charge on any atom is -0.338 e. The summed E-state index contributed by atoms with van der Waals surface area (Å²) in [6.07, 6.45) is 0.919. The van der Waals surface area contributed by atoms with Gasteiger partial charge in [0.05, 0.1) is 22.1 Å². The Morgan fingerprint density at radius 3 is 2.41 bits per heavy atom. The number of benzene rings is 2. The summed E-state index contributed by atoms with van der Waals surface area (Å²) in [6, 6.07) is 15.8. The zero-order valence-electron chi connectivity index (χ0n) is 15.6. The summed E-state index contributed by atoms with van der Waals surface area (Å²) in [5.74, 6) is 0.591. The number of hydrogen-bond donors (Lipinski definition) is 1. The Balaban J connectivity index is 1.45. The number of aryl methyl sites for hydroxylation is 1. The van der Waals surface area contributed by atoms with E-state index in [4.69, 9.17) is 4.52 Å². The molecule has 0 unspecified atom stereocenters. The minimum absolute atomic E-state index is 0.0824. The van der Waals surface area contributed by atoms with Gasteiger partial charge >= 0.3 is 0 Å². The Hall–Kier alpha value is -2.88. The Morgan fingerprint density at radius 2 is 1.72 bits per heavy atom. The van der Waals surface area contributed by atoms with Gasteiger partial charge in [0.1, 0.15) is 0 Å². The molecular weight excluding hydrogens is 408 g/mol. The van der Waals surface area contributed by atoms with E-state index in [0.29, 0.717) is 5.82 Å². The van der Waals surface area contributed by atoms with Crippen LogP contribution in [0.4, 0.5) is 0 Å². The van der Waals surface area contributed by atoms with Crippen molar-refractivity contribution in [2.45, 2.75) is 24.8 Å². The van der Waals surface area contributed by atoms with Crippen molar-refractivity contribution >= 4 is 21.4 Å². The molecule has 2 aromatic heterocycles. The van der Waals surface area contributed by atoms with Gasteiger partial charge in [0.15, 0.2) is 0 Å². The lowest BCUT2D eigenvalue weighted by Gasteiger charge is -2.03. The smallest absolute Gasteiger partial charge is 0.242 e. The van der Waals surface area contributed by atoms with Crippen molar-refractivity contribution in [1.82, 2.24) is 19.8 Å². The summed E-state index contributed by atoms with van der Waals surface area (Å²) in [5, 5.41) is 7.09. The molecule has 4 rings (SSSR count). The molecule has 0 fully saturated rings. The molecule has 0 spiro atoms. The van der Waals surface area contributed by atoms with E-state index >= 15 is 0 Å². The number of rotatable bonds is 7. The molecule has 0 atom stereocenters. The highest BCUT2D eigenvalue weighted by molar-refractivity contribution is 7.89. The first-order valence-electron chi connectivity index (χ1n) is 8.97. The first-order valence-corrected chi connectivity index (χ1v) is 11.3. The highest BCUT2D eigenvalue weighted by Crippen LogP contribution is 2.25.